The number of hydrogen-bond acceptors (Lipinski definition) is 8. The Labute approximate surface area is 219 Å². The normalized spacial score (nSPS) is 14.1. The van der Waals surface area contributed by atoms with Gasteiger partial charge in [-0.1, -0.05) is 11.6 Å². The van der Waals surface area contributed by atoms with Crippen molar-refractivity contribution < 1.29 is 22.7 Å². The van der Waals surface area contributed by atoms with Crippen LogP contribution in [0.25, 0.3) is 0 Å². The summed E-state index contributed by atoms with van der Waals surface area (Å²) in [5.74, 6) is -0.455. The van der Waals surface area contributed by atoms with E-state index >= 15 is 0 Å². The molecule has 2 aromatic heterocycles. The first-order valence-electron chi connectivity index (χ1n) is 11.6. The Bertz CT molecular complexity index is 1390. The lowest BCUT2D eigenvalue weighted by atomic mass is 9.99. The van der Waals surface area contributed by atoms with Crippen molar-refractivity contribution in [1.29, 1.82) is 0 Å². The molecule has 1 fully saturated rings. The minimum absolute atomic E-state index is 0.0301. The predicted octanol–water partition coefficient (Wildman–Crippen LogP) is 3.42. The van der Waals surface area contributed by atoms with E-state index in [1.807, 2.05) is 0 Å². The second kappa shape index (κ2) is 11.7. The molecular formula is C25H26ClN5O5S. The Morgan fingerprint density at radius 2 is 1.86 bits per heavy atom. The first kappa shape index (κ1) is 26.5. The zero-order chi connectivity index (χ0) is 26.4. The molecule has 3 heterocycles. The SMILES string of the molecule is CS(=O)(=O)c1ccc(C(=O)Nc2cccnc2C(=O)Nc2ccc(Cl)cn2)c(OCC2CCNCC2)c1. The van der Waals surface area contributed by atoms with E-state index in [4.69, 9.17) is 16.3 Å². The van der Waals surface area contributed by atoms with E-state index in [2.05, 4.69) is 25.9 Å². The zero-order valence-corrected chi connectivity index (χ0v) is 21.6. The van der Waals surface area contributed by atoms with E-state index in [1.165, 1.54) is 42.7 Å². The van der Waals surface area contributed by atoms with Crippen LogP contribution in [0.4, 0.5) is 11.5 Å². The molecule has 1 aromatic carbocycles. The molecule has 0 spiro atoms. The number of piperidine rings is 1. The van der Waals surface area contributed by atoms with Gasteiger partial charge in [-0.25, -0.2) is 18.4 Å². The van der Waals surface area contributed by atoms with Crippen molar-refractivity contribution in [3.8, 4) is 5.75 Å². The Morgan fingerprint density at radius 3 is 2.57 bits per heavy atom. The molecule has 3 N–H and O–H groups in total. The summed E-state index contributed by atoms with van der Waals surface area (Å²) in [4.78, 5) is 34.3. The molecule has 12 heteroatoms. The highest BCUT2D eigenvalue weighted by Gasteiger charge is 2.22. The number of hydrogen-bond donors (Lipinski definition) is 3. The van der Waals surface area contributed by atoms with Gasteiger partial charge in [-0.3, -0.25) is 9.59 Å². The molecule has 4 rings (SSSR count). The molecule has 1 aliphatic heterocycles. The summed E-state index contributed by atoms with van der Waals surface area (Å²) in [7, 11) is -3.52. The number of benzene rings is 1. The number of ether oxygens (including phenoxy) is 1. The lowest BCUT2D eigenvalue weighted by molar-refractivity contribution is 0.102. The molecule has 37 heavy (non-hydrogen) atoms. The van der Waals surface area contributed by atoms with E-state index in [1.54, 1.807) is 12.1 Å². The molecule has 2 amide bonds. The summed E-state index contributed by atoms with van der Waals surface area (Å²) in [6, 6.07) is 10.3. The molecule has 0 radical (unpaired) electrons. The van der Waals surface area contributed by atoms with Crippen molar-refractivity contribution in [3.05, 3.63) is 71.1 Å². The third kappa shape index (κ3) is 7.03. The van der Waals surface area contributed by atoms with E-state index in [0.717, 1.165) is 32.2 Å². The lowest BCUT2D eigenvalue weighted by Gasteiger charge is -2.23. The maximum atomic E-state index is 13.3. The number of carbonyl (C=O) groups is 2. The monoisotopic (exact) mass is 543 g/mol. The van der Waals surface area contributed by atoms with Gasteiger partial charge in [-0.05, 0) is 74.3 Å². The number of halogens is 1. The highest BCUT2D eigenvalue weighted by Crippen LogP contribution is 2.27. The number of rotatable bonds is 8. The van der Waals surface area contributed by atoms with Crippen LogP contribution < -0.4 is 20.7 Å². The number of pyridine rings is 2. The maximum absolute atomic E-state index is 13.3. The smallest absolute Gasteiger partial charge is 0.277 e. The maximum Gasteiger partial charge on any atom is 0.277 e. The van der Waals surface area contributed by atoms with Gasteiger partial charge >= 0.3 is 0 Å². The van der Waals surface area contributed by atoms with Gasteiger partial charge in [-0.15, -0.1) is 0 Å². The Hall–Kier alpha value is -3.54. The number of aromatic nitrogens is 2. The fraction of sp³-hybridized carbons (Fsp3) is 0.280. The Balaban J connectivity index is 1.56. The highest BCUT2D eigenvalue weighted by atomic mass is 35.5. The number of amides is 2. The summed E-state index contributed by atoms with van der Waals surface area (Å²) in [6.45, 7) is 2.11. The molecule has 10 nitrogen and oxygen atoms in total. The molecule has 0 unspecified atom stereocenters. The van der Waals surface area contributed by atoms with Gasteiger partial charge in [0, 0.05) is 18.6 Å². The molecule has 1 saturated heterocycles. The summed E-state index contributed by atoms with van der Waals surface area (Å²) >= 11 is 5.84. The van der Waals surface area contributed by atoms with Crippen LogP contribution >= 0.6 is 11.6 Å². The highest BCUT2D eigenvalue weighted by molar-refractivity contribution is 7.90. The van der Waals surface area contributed by atoms with E-state index in [0.29, 0.717) is 11.6 Å². The fourth-order valence-electron chi connectivity index (χ4n) is 3.80. The van der Waals surface area contributed by atoms with Crippen LogP contribution in [0.15, 0.2) is 59.8 Å². The summed E-state index contributed by atoms with van der Waals surface area (Å²) < 4.78 is 30.2. The van der Waals surface area contributed by atoms with Crippen LogP contribution in [0.1, 0.15) is 33.7 Å². The Kier molecular flexibility index (Phi) is 8.37. The average molecular weight is 544 g/mol. The Morgan fingerprint density at radius 1 is 1.08 bits per heavy atom. The van der Waals surface area contributed by atoms with E-state index < -0.39 is 21.7 Å². The summed E-state index contributed by atoms with van der Waals surface area (Å²) in [6.07, 6.45) is 5.75. The van der Waals surface area contributed by atoms with Crippen LogP contribution in [0.2, 0.25) is 5.02 Å². The average Bonchev–Trinajstić information content (AvgIpc) is 2.89. The first-order valence-corrected chi connectivity index (χ1v) is 13.8. The molecular weight excluding hydrogens is 518 g/mol. The van der Waals surface area contributed by atoms with Crippen LogP contribution in [0.5, 0.6) is 5.75 Å². The fourth-order valence-corrected chi connectivity index (χ4v) is 4.55. The van der Waals surface area contributed by atoms with Gasteiger partial charge in [0.15, 0.2) is 15.5 Å². The number of nitrogens with one attached hydrogen (secondary N) is 3. The molecule has 0 saturated carbocycles. The van der Waals surface area contributed by atoms with Crippen molar-refractivity contribution in [2.45, 2.75) is 17.7 Å². The van der Waals surface area contributed by atoms with Crippen molar-refractivity contribution in [1.82, 2.24) is 15.3 Å². The van der Waals surface area contributed by atoms with Crippen molar-refractivity contribution >= 4 is 44.8 Å². The summed E-state index contributed by atoms with van der Waals surface area (Å²) in [5.41, 5.74) is 0.268. The van der Waals surface area contributed by atoms with Crippen LogP contribution in [0, 0.1) is 5.92 Å². The van der Waals surface area contributed by atoms with Crippen molar-refractivity contribution in [3.63, 3.8) is 0 Å². The quantitative estimate of drug-likeness (QED) is 0.393. The second-order valence-electron chi connectivity index (χ2n) is 8.60. The van der Waals surface area contributed by atoms with Crippen LogP contribution in [-0.4, -0.2) is 56.2 Å². The number of anilines is 2. The molecule has 1 aliphatic rings. The van der Waals surface area contributed by atoms with Crippen LogP contribution in [-0.2, 0) is 9.84 Å². The van der Waals surface area contributed by atoms with Gasteiger partial charge in [0.2, 0.25) is 0 Å². The number of carbonyl (C=O) groups excluding carboxylic acids is 2. The summed E-state index contributed by atoms with van der Waals surface area (Å²) in [5, 5.41) is 9.01. The topological polar surface area (TPSA) is 139 Å². The minimum atomic E-state index is -3.52. The van der Waals surface area contributed by atoms with Crippen molar-refractivity contribution in [2.24, 2.45) is 5.92 Å². The van der Waals surface area contributed by atoms with Gasteiger partial charge in [0.1, 0.15) is 11.6 Å². The minimum Gasteiger partial charge on any atom is -0.492 e. The van der Waals surface area contributed by atoms with E-state index in [9.17, 15) is 18.0 Å². The van der Waals surface area contributed by atoms with Gasteiger partial charge in [0.05, 0.1) is 27.8 Å². The standard InChI is InChI=1S/C25H26ClN5O5S/c1-37(34,35)18-5-6-19(21(13-18)36-15-16-8-11-27-12-9-16)24(32)30-20-3-2-10-28-23(20)25(33)31-22-7-4-17(26)14-29-22/h2-7,10,13-14,16,27H,8-9,11-12,15H2,1H3,(H,30,32)(H,29,31,33). The second-order valence-corrected chi connectivity index (χ2v) is 11.1. The third-order valence-electron chi connectivity index (χ3n) is 5.80. The molecule has 0 atom stereocenters. The van der Waals surface area contributed by atoms with Crippen LogP contribution in [0.3, 0.4) is 0 Å². The first-order chi connectivity index (χ1) is 17.7. The van der Waals surface area contributed by atoms with Crippen molar-refractivity contribution in [2.75, 3.05) is 36.6 Å². The van der Waals surface area contributed by atoms with E-state index in [-0.39, 0.29) is 39.3 Å². The van der Waals surface area contributed by atoms with Gasteiger partial charge in [0.25, 0.3) is 11.8 Å². The molecule has 3 aromatic rings. The molecule has 0 aliphatic carbocycles. The lowest BCUT2D eigenvalue weighted by Crippen LogP contribution is -2.30. The van der Waals surface area contributed by atoms with Gasteiger partial charge < -0.3 is 20.7 Å². The number of sulfone groups is 1. The molecule has 0 bridgehead atoms. The third-order valence-corrected chi connectivity index (χ3v) is 7.13. The number of nitrogens with zero attached hydrogens (tertiary/aromatic N) is 2. The predicted molar refractivity (Wildman–Crippen MR) is 140 cm³/mol. The van der Waals surface area contributed by atoms with Gasteiger partial charge in [-0.2, -0.15) is 0 Å². The zero-order valence-electron chi connectivity index (χ0n) is 20.0. The molecule has 194 valence electrons. The largest absolute Gasteiger partial charge is 0.492 e.